The van der Waals surface area contributed by atoms with E-state index in [-0.39, 0.29) is 6.10 Å². The Hall–Kier alpha value is -0.380. The van der Waals surface area contributed by atoms with E-state index in [1.165, 1.54) is 18.4 Å². The Labute approximate surface area is 85.1 Å². The Balaban J connectivity index is 1.73. The van der Waals surface area contributed by atoms with Crippen LogP contribution in [-0.4, -0.2) is 37.0 Å². The smallest absolute Gasteiger partial charge is 0.0848 e. The standard InChI is InChI=1S/C11H19NO2/c13-10-6-9(7-12-8-10)3-4-11-2-1-5-14-11/h6,10-13H,1-5,7-8H2. The quantitative estimate of drug-likeness (QED) is 0.659. The van der Waals surface area contributed by atoms with E-state index in [0.717, 1.165) is 26.0 Å². The fraction of sp³-hybridized carbons (Fsp3) is 0.818. The van der Waals surface area contributed by atoms with Crippen molar-refractivity contribution in [1.29, 1.82) is 0 Å². The van der Waals surface area contributed by atoms with Gasteiger partial charge >= 0.3 is 0 Å². The lowest BCUT2D eigenvalue weighted by atomic mass is 10.0. The fourth-order valence-electron chi connectivity index (χ4n) is 2.16. The molecule has 0 aromatic rings. The molecule has 2 heterocycles. The molecule has 2 aliphatic heterocycles. The minimum atomic E-state index is -0.289. The first-order valence-electron chi connectivity index (χ1n) is 5.54. The molecule has 0 aliphatic carbocycles. The average Bonchev–Trinajstić information content (AvgIpc) is 2.67. The minimum absolute atomic E-state index is 0.289. The lowest BCUT2D eigenvalue weighted by Crippen LogP contribution is -2.32. The lowest BCUT2D eigenvalue weighted by Gasteiger charge is -2.19. The molecule has 2 aliphatic rings. The van der Waals surface area contributed by atoms with Crippen LogP contribution < -0.4 is 5.32 Å². The molecule has 0 saturated carbocycles. The third-order valence-corrected chi connectivity index (χ3v) is 2.95. The van der Waals surface area contributed by atoms with Crippen LogP contribution in [0.5, 0.6) is 0 Å². The number of aliphatic hydroxyl groups is 1. The van der Waals surface area contributed by atoms with Gasteiger partial charge in [-0.25, -0.2) is 0 Å². The number of hydrogen-bond donors (Lipinski definition) is 2. The zero-order valence-electron chi connectivity index (χ0n) is 8.54. The van der Waals surface area contributed by atoms with E-state index in [0.29, 0.717) is 12.6 Å². The number of ether oxygens (including phenoxy) is 1. The summed E-state index contributed by atoms with van der Waals surface area (Å²) in [4.78, 5) is 0. The van der Waals surface area contributed by atoms with Gasteiger partial charge in [-0.15, -0.1) is 0 Å². The maximum Gasteiger partial charge on any atom is 0.0848 e. The number of rotatable bonds is 3. The molecule has 2 rings (SSSR count). The third-order valence-electron chi connectivity index (χ3n) is 2.95. The molecular weight excluding hydrogens is 178 g/mol. The molecule has 14 heavy (non-hydrogen) atoms. The van der Waals surface area contributed by atoms with Gasteiger partial charge in [0.05, 0.1) is 12.2 Å². The van der Waals surface area contributed by atoms with Crippen molar-refractivity contribution in [3.8, 4) is 0 Å². The summed E-state index contributed by atoms with van der Waals surface area (Å²) >= 11 is 0. The predicted molar refractivity (Wildman–Crippen MR) is 55.2 cm³/mol. The summed E-state index contributed by atoms with van der Waals surface area (Å²) in [6, 6.07) is 0. The highest BCUT2D eigenvalue weighted by molar-refractivity contribution is 5.11. The molecule has 3 heteroatoms. The molecule has 0 bridgehead atoms. The Morgan fingerprint density at radius 1 is 1.57 bits per heavy atom. The Morgan fingerprint density at radius 3 is 3.21 bits per heavy atom. The van der Waals surface area contributed by atoms with Crippen molar-refractivity contribution in [2.45, 2.75) is 37.9 Å². The average molecular weight is 197 g/mol. The first kappa shape index (κ1) is 10.1. The predicted octanol–water partition coefficient (Wildman–Crippen LogP) is 0.836. The van der Waals surface area contributed by atoms with E-state index in [1.54, 1.807) is 0 Å². The first-order valence-corrected chi connectivity index (χ1v) is 5.54. The highest BCUT2D eigenvalue weighted by atomic mass is 16.5. The van der Waals surface area contributed by atoms with Crippen LogP contribution in [0.15, 0.2) is 11.6 Å². The Bertz CT molecular complexity index is 209. The zero-order valence-corrected chi connectivity index (χ0v) is 8.54. The normalized spacial score (nSPS) is 33.1. The summed E-state index contributed by atoms with van der Waals surface area (Å²) < 4.78 is 5.56. The van der Waals surface area contributed by atoms with Crippen molar-refractivity contribution >= 4 is 0 Å². The molecule has 0 aromatic heterocycles. The fourth-order valence-corrected chi connectivity index (χ4v) is 2.16. The minimum Gasteiger partial charge on any atom is -0.388 e. The Kier molecular flexibility index (Phi) is 3.56. The molecule has 2 unspecified atom stereocenters. The maximum atomic E-state index is 9.40. The van der Waals surface area contributed by atoms with Crippen LogP contribution in [0.2, 0.25) is 0 Å². The van der Waals surface area contributed by atoms with Crippen molar-refractivity contribution in [1.82, 2.24) is 5.32 Å². The lowest BCUT2D eigenvalue weighted by molar-refractivity contribution is 0.104. The highest BCUT2D eigenvalue weighted by Crippen LogP contribution is 2.20. The van der Waals surface area contributed by atoms with Gasteiger partial charge < -0.3 is 15.2 Å². The van der Waals surface area contributed by atoms with Gasteiger partial charge in [0.1, 0.15) is 0 Å². The molecule has 1 fully saturated rings. The van der Waals surface area contributed by atoms with Gasteiger partial charge in [0.2, 0.25) is 0 Å². The van der Waals surface area contributed by atoms with E-state index in [4.69, 9.17) is 4.74 Å². The summed E-state index contributed by atoms with van der Waals surface area (Å²) in [6.45, 7) is 2.57. The molecule has 1 saturated heterocycles. The van der Waals surface area contributed by atoms with E-state index in [9.17, 15) is 5.11 Å². The first-order chi connectivity index (χ1) is 6.84. The van der Waals surface area contributed by atoms with Gasteiger partial charge in [-0.1, -0.05) is 11.6 Å². The molecule has 2 N–H and O–H groups in total. The summed E-state index contributed by atoms with van der Waals surface area (Å²) in [5.41, 5.74) is 1.33. The van der Waals surface area contributed by atoms with Crippen LogP contribution in [0.25, 0.3) is 0 Å². The summed E-state index contributed by atoms with van der Waals surface area (Å²) in [5.74, 6) is 0. The molecule has 3 nitrogen and oxygen atoms in total. The van der Waals surface area contributed by atoms with Crippen molar-refractivity contribution < 1.29 is 9.84 Å². The number of nitrogens with one attached hydrogen (secondary N) is 1. The molecule has 2 atom stereocenters. The van der Waals surface area contributed by atoms with Gasteiger partial charge in [0.15, 0.2) is 0 Å². The molecule has 80 valence electrons. The largest absolute Gasteiger partial charge is 0.388 e. The SMILES string of the molecule is OC1C=C(CCC2CCCO2)CNC1. The molecular formula is C11H19NO2. The van der Waals surface area contributed by atoms with Crippen molar-refractivity contribution in [2.24, 2.45) is 0 Å². The molecule has 0 amide bonds. The third kappa shape index (κ3) is 2.80. The summed E-state index contributed by atoms with van der Waals surface area (Å²) in [6.07, 6.45) is 6.77. The van der Waals surface area contributed by atoms with E-state index in [1.807, 2.05) is 6.08 Å². The van der Waals surface area contributed by atoms with E-state index < -0.39 is 0 Å². The monoisotopic (exact) mass is 197 g/mol. The van der Waals surface area contributed by atoms with E-state index >= 15 is 0 Å². The van der Waals surface area contributed by atoms with Crippen molar-refractivity contribution in [2.75, 3.05) is 19.7 Å². The number of hydrogen-bond acceptors (Lipinski definition) is 3. The van der Waals surface area contributed by atoms with Crippen LogP contribution in [-0.2, 0) is 4.74 Å². The van der Waals surface area contributed by atoms with Gasteiger partial charge in [0, 0.05) is 19.7 Å². The second-order valence-corrected chi connectivity index (χ2v) is 4.20. The number of aliphatic hydroxyl groups excluding tert-OH is 1. The zero-order chi connectivity index (χ0) is 9.80. The second-order valence-electron chi connectivity index (χ2n) is 4.20. The van der Waals surface area contributed by atoms with Crippen molar-refractivity contribution in [3.63, 3.8) is 0 Å². The highest BCUT2D eigenvalue weighted by Gasteiger charge is 2.17. The van der Waals surface area contributed by atoms with Crippen LogP contribution >= 0.6 is 0 Å². The van der Waals surface area contributed by atoms with Crippen LogP contribution in [0.3, 0.4) is 0 Å². The Morgan fingerprint density at radius 2 is 2.50 bits per heavy atom. The topological polar surface area (TPSA) is 41.5 Å². The van der Waals surface area contributed by atoms with Crippen molar-refractivity contribution in [3.05, 3.63) is 11.6 Å². The molecule has 0 spiro atoms. The summed E-state index contributed by atoms with van der Waals surface area (Å²) in [5, 5.41) is 12.6. The van der Waals surface area contributed by atoms with Gasteiger partial charge in [-0.2, -0.15) is 0 Å². The van der Waals surface area contributed by atoms with Gasteiger partial charge in [-0.05, 0) is 25.7 Å². The van der Waals surface area contributed by atoms with Gasteiger partial charge in [0.25, 0.3) is 0 Å². The maximum absolute atomic E-state index is 9.40. The van der Waals surface area contributed by atoms with Crippen LogP contribution in [0, 0.1) is 0 Å². The molecule has 0 aromatic carbocycles. The van der Waals surface area contributed by atoms with Crippen LogP contribution in [0.1, 0.15) is 25.7 Å². The second kappa shape index (κ2) is 4.91. The van der Waals surface area contributed by atoms with E-state index in [2.05, 4.69) is 5.32 Å². The van der Waals surface area contributed by atoms with Crippen LogP contribution in [0.4, 0.5) is 0 Å². The van der Waals surface area contributed by atoms with Gasteiger partial charge in [-0.3, -0.25) is 0 Å². The molecule has 0 radical (unpaired) electrons. The summed E-state index contributed by atoms with van der Waals surface area (Å²) in [7, 11) is 0. The number of β-amino-alcohol motifs (C(OH)–C–C–N with tert-alkyl or cyclic N) is 1.